The van der Waals surface area contributed by atoms with Crippen molar-refractivity contribution in [1.29, 1.82) is 0 Å². The highest BCUT2D eigenvalue weighted by atomic mass is 19.1. The molecule has 1 saturated heterocycles. The summed E-state index contributed by atoms with van der Waals surface area (Å²) in [5.74, 6) is -0.159. The second-order valence-corrected chi connectivity index (χ2v) is 5.18. The lowest BCUT2D eigenvalue weighted by Gasteiger charge is -2.14. The van der Waals surface area contributed by atoms with Crippen LogP contribution in [-0.4, -0.2) is 16.3 Å². The molecular formula is C15H18FN3. The Morgan fingerprint density at radius 3 is 2.95 bits per heavy atom. The van der Waals surface area contributed by atoms with Crippen LogP contribution >= 0.6 is 0 Å². The van der Waals surface area contributed by atoms with Crippen molar-refractivity contribution in [2.24, 2.45) is 7.05 Å². The van der Waals surface area contributed by atoms with Crippen LogP contribution in [0, 0.1) is 12.7 Å². The van der Waals surface area contributed by atoms with Gasteiger partial charge in [0, 0.05) is 18.7 Å². The minimum Gasteiger partial charge on any atom is -0.309 e. The van der Waals surface area contributed by atoms with Gasteiger partial charge in [-0.05, 0) is 49.6 Å². The van der Waals surface area contributed by atoms with Gasteiger partial charge in [0.05, 0.1) is 11.9 Å². The fraction of sp³-hybridized carbons (Fsp3) is 0.400. The highest BCUT2D eigenvalue weighted by Gasteiger charge is 2.23. The van der Waals surface area contributed by atoms with Crippen LogP contribution in [0.5, 0.6) is 0 Å². The van der Waals surface area contributed by atoms with E-state index in [-0.39, 0.29) is 5.82 Å². The average molecular weight is 259 g/mol. The van der Waals surface area contributed by atoms with E-state index in [4.69, 9.17) is 0 Å². The molecular weight excluding hydrogens is 241 g/mol. The quantitative estimate of drug-likeness (QED) is 0.898. The Kier molecular flexibility index (Phi) is 3.11. The number of hydrogen-bond acceptors (Lipinski definition) is 2. The SMILES string of the molecule is Cc1cc(-c2cnn(C)c2C2CCCN2)ccc1F. The summed E-state index contributed by atoms with van der Waals surface area (Å²) in [5, 5.41) is 7.87. The third-order valence-corrected chi connectivity index (χ3v) is 3.84. The number of hydrogen-bond donors (Lipinski definition) is 1. The molecule has 0 bridgehead atoms. The number of aromatic nitrogens is 2. The van der Waals surface area contributed by atoms with Crippen molar-refractivity contribution in [3.05, 3.63) is 41.5 Å². The summed E-state index contributed by atoms with van der Waals surface area (Å²) in [7, 11) is 1.97. The van der Waals surface area contributed by atoms with Gasteiger partial charge >= 0.3 is 0 Å². The van der Waals surface area contributed by atoms with Crippen LogP contribution in [0.2, 0.25) is 0 Å². The van der Waals surface area contributed by atoms with Crippen molar-refractivity contribution in [3.8, 4) is 11.1 Å². The summed E-state index contributed by atoms with van der Waals surface area (Å²) in [5.41, 5.74) is 4.01. The zero-order valence-corrected chi connectivity index (χ0v) is 11.3. The summed E-state index contributed by atoms with van der Waals surface area (Å²) >= 11 is 0. The van der Waals surface area contributed by atoms with Crippen LogP contribution in [0.15, 0.2) is 24.4 Å². The maximum absolute atomic E-state index is 13.4. The summed E-state index contributed by atoms with van der Waals surface area (Å²) < 4.78 is 15.3. The molecule has 1 unspecified atom stereocenters. The molecule has 3 nitrogen and oxygen atoms in total. The van der Waals surface area contributed by atoms with Crippen molar-refractivity contribution in [2.75, 3.05) is 6.54 Å². The second-order valence-electron chi connectivity index (χ2n) is 5.18. The Hall–Kier alpha value is -1.68. The smallest absolute Gasteiger partial charge is 0.126 e. The van der Waals surface area contributed by atoms with Gasteiger partial charge < -0.3 is 5.32 Å². The molecule has 2 aromatic rings. The van der Waals surface area contributed by atoms with Crippen LogP contribution in [0.4, 0.5) is 4.39 Å². The number of benzene rings is 1. The number of nitrogens with zero attached hydrogens (tertiary/aromatic N) is 2. The number of nitrogens with one attached hydrogen (secondary N) is 1. The molecule has 0 spiro atoms. The van der Waals surface area contributed by atoms with Crippen LogP contribution in [0.25, 0.3) is 11.1 Å². The fourth-order valence-electron chi connectivity index (χ4n) is 2.81. The van der Waals surface area contributed by atoms with Crippen LogP contribution in [-0.2, 0) is 7.05 Å². The van der Waals surface area contributed by atoms with Gasteiger partial charge in [-0.3, -0.25) is 4.68 Å². The van der Waals surface area contributed by atoms with Gasteiger partial charge in [0.1, 0.15) is 5.82 Å². The highest BCUT2D eigenvalue weighted by Crippen LogP contribution is 2.32. The van der Waals surface area contributed by atoms with Gasteiger partial charge in [0.15, 0.2) is 0 Å². The summed E-state index contributed by atoms with van der Waals surface area (Å²) in [6.45, 7) is 2.85. The zero-order chi connectivity index (χ0) is 13.4. The van der Waals surface area contributed by atoms with E-state index in [0.29, 0.717) is 11.6 Å². The first-order chi connectivity index (χ1) is 9.16. The Balaban J connectivity index is 2.07. The van der Waals surface area contributed by atoms with Gasteiger partial charge in [0.25, 0.3) is 0 Å². The highest BCUT2D eigenvalue weighted by molar-refractivity contribution is 5.66. The molecule has 1 aliphatic rings. The lowest BCUT2D eigenvalue weighted by Crippen LogP contribution is -2.17. The normalized spacial score (nSPS) is 19.0. The largest absolute Gasteiger partial charge is 0.309 e. The van der Waals surface area contributed by atoms with Gasteiger partial charge in [0.2, 0.25) is 0 Å². The zero-order valence-electron chi connectivity index (χ0n) is 11.3. The number of aryl methyl sites for hydroxylation is 2. The first kappa shape index (κ1) is 12.4. The van der Waals surface area contributed by atoms with E-state index in [1.54, 1.807) is 6.92 Å². The predicted octanol–water partition coefficient (Wildman–Crippen LogP) is 2.96. The van der Waals surface area contributed by atoms with Gasteiger partial charge in [-0.2, -0.15) is 5.10 Å². The molecule has 2 heterocycles. The minimum atomic E-state index is -0.159. The van der Waals surface area contributed by atoms with Crippen molar-refractivity contribution >= 4 is 0 Å². The van der Waals surface area contributed by atoms with E-state index in [9.17, 15) is 4.39 Å². The monoisotopic (exact) mass is 259 g/mol. The molecule has 1 N–H and O–H groups in total. The van der Waals surface area contributed by atoms with E-state index < -0.39 is 0 Å². The average Bonchev–Trinajstić information content (AvgIpc) is 3.01. The second kappa shape index (κ2) is 4.78. The molecule has 1 fully saturated rings. The van der Waals surface area contributed by atoms with Crippen molar-refractivity contribution in [1.82, 2.24) is 15.1 Å². The van der Waals surface area contributed by atoms with E-state index >= 15 is 0 Å². The Morgan fingerprint density at radius 2 is 2.26 bits per heavy atom. The molecule has 1 aromatic heterocycles. The maximum Gasteiger partial charge on any atom is 0.126 e. The van der Waals surface area contributed by atoms with Gasteiger partial charge in [-0.1, -0.05) is 6.07 Å². The van der Waals surface area contributed by atoms with Gasteiger partial charge in [-0.15, -0.1) is 0 Å². The predicted molar refractivity (Wildman–Crippen MR) is 73.3 cm³/mol. The number of halogens is 1. The van der Waals surface area contributed by atoms with Crippen molar-refractivity contribution < 1.29 is 4.39 Å². The molecule has 19 heavy (non-hydrogen) atoms. The molecule has 0 aliphatic carbocycles. The summed E-state index contributed by atoms with van der Waals surface area (Å²) in [6.07, 6.45) is 4.20. The molecule has 100 valence electrons. The van der Waals surface area contributed by atoms with Crippen molar-refractivity contribution in [3.63, 3.8) is 0 Å². The Bertz CT molecular complexity index is 597. The van der Waals surface area contributed by atoms with Crippen LogP contribution in [0.3, 0.4) is 0 Å². The molecule has 0 radical (unpaired) electrons. The molecule has 0 amide bonds. The molecule has 4 heteroatoms. The molecule has 3 rings (SSSR count). The van der Waals surface area contributed by atoms with Gasteiger partial charge in [-0.25, -0.2) is 4.39 Å². The maximum atomic E-state index is 13.4. The Labute approximate surface area is 112 Å². The molecule has 1 atom stereocenters. The summed E-state index contributed by atoms with van der Waals surface area (Å²) in [6, 6.07) is 5.61. The third kappa shape index (κ3) is 2.16. The molecule has 0 saturated carbocycles. The lowest BCUT2D eigenvalue weighted by molar-refractivity contribution is 0.575. The van der Waals surface area contributed by atoms with Crippen LogP contribution in [0.1, 0.15) is 30.1 Å². The number of rotatable bonds is 2. The van der Waals surface area contributed by atoms with E-state index in [1.165, 1.54) is 18.2 Å². The topological polar surface area (TPSA) is 29.9 Å². The Morgan fingerprint density at radius 1 is 1.42 bits per heavy atom. The fourth-order valence-corrected chi connectivity index (χ4v) is 2.81. The van der Waals surface area contributed by atoms with Crippen molar-refractivity contribution in [2.45, 2.75) is 25.8 Å². The van der Waals surface area contributed by atoms with Crippen LogP contribution < -0.4 is 5.32 Å². The minimum absolute atomic E-state index is 0.159. The molecule has 1 aromatic carbocycles. The standard InChI is InChI=1S/C15H18FN3/c1-10-8-11(5-6-13(10)16)12-9-18-19(2)15(12)14-4-3-7-17-14/h5-6,8-9,14,17H,3-4,7H2,1-2H3. The summed E-state index contributed by atoms with van der Waals surface area (Å²) in [4.78, 5) is 0. The third-order valence-electron chi connectivity index (χ3n) is 3.84. The lowest BCUT2D eigenvalue weighted by atomic mass is 9.99. The first-order valence-electron chi connectivity index (χ1n) is 6.68. The van der Waals surface area contributed by atoms with E-state index in [2.05, 4.69) is 10.4 Å². The molecule has 1 aliphatic heterocycles. The van der Waals surface area contributed by atoms with E-state index in [0.717, 1.165) is 24.1 Å². The van der Waals surface area contributed by atoms with E-state index in [1.807, 2.05) is 30.1 Å². The first-order valence-corrected chi connectivity index (χ1v) is 6.68.